The summed E-state index contributed by atoms with van der Waals surface area (Å²) in [6.45, 7) is 6.96. The lowest BCUT2D eigenvalue weighted by atomic mass is 9.41. The zero-order valence-corrected chi connectivity index (χ0v) is 16.3. The molecular weight excluding hydrogens is 312 g/mol. The molecule has 4 fully saturated rings. The second-order valence-electron chi connectivity index (χ2n) is 10.4. The number of hydrogen-bond acceptors (Lipinski definition) is 2. The fraction of sp³-hybridized carbons (Fsp3) is 0.905. The van der Waals surface area contributed by atoms with Gasteiger partial charge in [-0.15, -0.1) is 0 Å². The van der Waals surface area contributed by atoms with Gasteiger partial charge in [-0.1, -0.05) is 20.3 Å². The van der Waals surface area contributed by atoms with E-state index in [4.69, 9.17) is 0 Å². The standard InChI is InChI=1S/C21H34N2O2/c1-18-10-6-15-19(2)8-5-9-20(3,23-17(25)22-4)14(19)7-11-21(15,13-18)12-16(18)24/h14-15H,5-13H2,1-4H3,(H2,22,23,25)/t14?,15?,18-,19+,20+,21-/m0/s1. The third kappa shape index (κ3) is 2.24. The summed E-state index contributed by atoms with van der Waals surface area (Å²) in [5, 5.41) is 6.05. The number of nitrogens with one attached hydrogen (secondary N) is 2. The highest BCUT2D eigenvalue weighted by Gasteiger charge is 2.67. The summed E-state index contributed by atoms with van der Waals surface area (Å²) in [6.07, 6.45) is 10.0. The first kappa shape index (κ1) is 17.4. The molecule has 2 amide bonds. The van der Waals surface area contributed by atoms with E-state index in [9.17, 15) is 9.59 Å². The SMILES string of the molecule is CNC(=O)N[C@]1(C)CCC[C@@]2(C)C3CC[C@@]4(C)C[C@]3(CCC21)CC4=O. The number of rotatable bonds is 1. The molecule has 0 heterocycles. The van der Waals surface area contributed by atoms with Gasteiger partial charge >= 0.3 is 6.03 Å². The van der Waals surface area contributed by atoms with Crippen molar-refractivity contribution >= 4 is 11.8 Å². The van der Waals surface area contributed by atoms with Crippen LogP contribution in [-0.4, -0.2) is 24.4 Å². The number of hydrogen-bond donors (Lipinski definition) is 2. The van der Waals surface area contributed by atoms with Crippen LogP contribution in [0.25, 0.3) is 0 Å². The van der Waals surface area contributed by atoms with Crippen LogP contribution in [0, 0.1) is 28.1 Å². The molecule has 6 atom stereocenters. The lowest BCUT2D eigenvalue weighted by Gasteiger charge is -2.64. The zero-order chi connectivity index (χ0) is 18.1. The summed E-state index contributed by atoms with van der Waals surface area (Å²) >= 11 is 0. The van der Waals surface area contributed by atoms with Crippen LogP contribution >= 0.6 is 0 Å². The second kappa shape index (κ2) is 5.23. The molecule has 25 heavy (non-hydrogen) atoms. The topological polar surface area (TPSA) is 58.2 Å². The smallest absolute Gasteiger partial charge is 0.314 e. The Morgan fingerprint density at radius 3 is 2.48 bits per heavy atom. The maximum absolute atomic E-state index is 12.7. The van der Waals surface area contributed by atoms with Crippen molar-refractivity contribution in [3.63, 3.8) is 0 Å². The predicted octanol–water partition coefficient (Wildman–Crippen LogP) is 4.04. The molecule has 2 N–H and O–H groups in total. The highest BCUT2D eigenvalue weighted by molar-refractivity contribution is 5.88. The van der Waals surface area contributed by atoms with Crippen molar-refractivity contribution in [2.24, 2.45) is 28.1 Å². The Bertz CT molecular complexity index is 619. The maximum Gasteiger partial charge on any atom is 0.314 e. The van der Waals surface area contributed by atoms with Crippen LogP contribution < -0.4 is 10.6 Å². The van der Waals surface area contributed by atoms with Crippen molar-refractivity contribution < 1.29 is 9.59 Å². The average molecular weight is 347 g/mol. The molecule has 0 radical (unpaired) electrons. The maximum atomic E-state index is 12.7. The number of amides is 2. The highest BCUT2D eigenvalue weighted by atomic mass is 16.2. The molecule has 4 aliphatic carbocycles. The third-order valence-electron chi connectivity index (χ3n) is 8.98. The lowest BCUT2D eigenvalue weighted by Crippen LogP contribution is -2.65. The molecule has 0 aliphatic heterocycles. The van der Waals surface area contributed by atoms with Crippen LogP contribution in [0.4, 0.5) is 4.79 Å². The first-order valence-electron chi connectivity index (χ1n) is 10.2. The van der Waals surface area contributed by atoms with Crippen LogP contribution in [-0.2, 0) is 4.79 Å². The first-order valence-corrected chi connectivity index (χ1v) is 10.2. The van der Waals surface area contributed by atoms with Crippen LogP contribution in [0.2, 0.25) is 0 Å². The molecule has 2 bridgehead atoms. The molecule has 4 nitrogen and oxygen atoms in total. The average Bonchev–Trinajstić information content (AvgIpc) is 2.71. The van der Waals surface area contributed by atoms with Crippen molar-refractivity contribution in [2.75, 3.05) is 7.05 Å². The number of carbonyl (C=O) groups excluding carboxylic acids is 2. The van der Waals surface area contributed by atoms with Gasteiger partial charge < -0.3 is 10.6 Å². The van der Waals surface area contributed by atoms with Crippen LogP contribution in [0.1, 0.15) is 78.6 Å². The zero-order valence-electron chi connectivity index (χ0n) is 16.3. The number of urea groups is 1. The number of fused-ring (bicyclic) bond motifs is 3. The summed E-state index contributed by atoms with van der Waals surface area (Å²) in [5.74, 6) is 1.69. The fourth-order valence-corrected chi connectivity index (χ4v) is 7.98. The Kier molecular flexibility index (Phi) is 3.63. The normalized spacial score (nSPS) is 51.4. The van der Waals surface area contributed by atoms with E-state index in [0.717, 1.165) is 32.1 Å². The molecule has 4 aliphatic rings. The van der Waals surface area contributed by atoms with Gasteiger partial charge in [0.1, 0.15) is 5.78 Å². The van der Waals surface area contributed by atoms with Crippen LogP contribution in [0.5, 0.6) is 0 Å². The van der Waals surface area contributed by atoms with Crippen LogP contribution in [0.3, 0.4) is 0 Å². The monoisotopic (exact) mass is 346 g/mol. The minimum atomic E-state index is -0.127. The van der Waals surface area contributed by atoms with E-state index in [1.807, 2.05) is 0 Å². The third-order valence-corrected chi connectivity index (χ3v) is 8.98. The Labute approximate surface area is 151 Å². The highest BCUT2D eigenvalue weighted by Crippen LogP contribution is 2.71. The molecule has 2 unspecified atom stereocenters. The van der Waals surface area contributed by atoms with E-state index < -0.39 is 0 Å². The summed E-state index contributed by atoms with van der Waals surface area (Å²) in [5.41, 5.74) is 0.328. The summed E-state index contributed by atoms with van der Waals surface area (Å²) in [6, 6.07) is -0.0562. The quantitative estimate of drug-likeness (QED) is 0.753. The molecule has 0 aromatic rings. The van der Waals surface area contributed by atoms with E-state index in [-0.39, 0.29) is 27.8 Å². The molecule has 4 saturated carbocycles. The van der Waals surface area contributed by atoms with E-state index in [0.29, 0.717) is 17.6 Å². The minimum absolute atomic E-state index is 0.0436. The Balaban J connectivity index is 1.68. The van der Waals surface area contributed by atoms with E-state index >= 15 is 0 Å². The van der Waals surface area contributed by atoms with Crippen molar-refractivity contribution in [2.45, 2.75) is 84.1 Å². The molecule has 4 heteroatoms. The second-order valence-corrected chi connectivity index (χ2v) is 10.4. The van der Waals surface area contributed by atoms with Gasteiger partial charge in [-0.05, 0) is 74.5 Å². The Morgan fingerprint density at radius 1 is 1.04 bits per heavy atom. The van der Waals surface area contributed by atoms with Gasteiger partial charge in [-0.3, -0.25) is 4.79 Å². The Hall–Kier alpha value is -1.06. The van der Waals surface area contributed by atoms with Crippen molar-refractivity contribution in [1.29, 1.82) is 0 Å². The van der Waals surface area contributed by atoms with Crippen molar-refractivity contribution in [3.05, 3.63) is 0 Å². The minimum Gasteiger partial charge on any atom is -0.341 e. The molecule has 0 aromatic carbocycles. The molecular formula is C21H34N2O2. The predicted molar refractivity (Wildman–Crippen MR) is 98.2 cm³/mol. The van der Waals surface area contributed by atoms with Crippen LogP contribution in [0.15, 0.2) is 0 Å². The van der Waals surface area contributed by atoms with Gasteiger partial charge in [0.15, 0.2) is 0 Å². The van der Waals surface area contributed by atoms with Gasteiger partial charge in [0.25, 0.3) is 0 Å². The fourth-order valence-electron chi connectivity index (χ4n) is 7.98. The van der Waals surface area contributed by atoms with Gasteiger partial charge in [0, 0.05) is 24.4 Å². The van der Waals surface area contributed by atoms with Crippen molar-refractivity contribution in [1.82, 2.24) is 10.6 Å². The van der Waals surface area contributed by atoms with Gasteiger partial charge in [-0.2, -0.15) is 0 Å². The van der Waals surface area contributed by atoms with E-state index in [2.05, 4.69) is 31.4 Å². The van der Waals surface area contributed by atoms with Crippen molar-refractivity contribution in [3.8, 4) is 0 Å². The summed E-state index contributed by atoms with van der Waals surface area (Å²) in [7, 11) is 1.70. The molecule has 4 rings (SSSR count). The van der Waals surface area contributed by atoms with Gasteiger partial charge in [0.05, 0.1) is 0 Å². The number of carbonyl (C=O) groups is 2. The molecule has 140 valence electrons. The number of Topliss-reactive ketones (excluding diaryl/α,β-unsaturated/α-hetero) is 1. The van der Waals surface area contributed by atoms with Gasteiger partial charge in [0.2, 0.25) is 0 Å². The van der Waals surface area contributed by atoms with E-state index in [1.54, 1.807) is 7.05 Å². The van der Waals surface area contributed by atoms with Gasteiger partial charge in [-0.25, -0.2) is 4.79 Å². The summed E-state index contributed by atoms with van der Waals surface area (Å²) in [4.78, 5) is 24.8. The number of ketones is 1. The first-order chi connectivity index (χ1) is 11.7. The largest absolute Gasteiger partial charge is 0.341 e. The Morgan fingerprint density at radius 2 is 1.76 bits per heavy atom. The molecule has 0 saturated heterocycles. The summed E-state index contributed by atoms with van der Waals surface area (Å²) < 4.78 is 0. The molecule has 1 spiro atoms. The van der Waals surface area contributed by atoms with E-state index in [1.165, 1.54) is 25.7 Å². The lowest BCUT2D eigenvalue weighted by molar-refractivity contribution is -0.137. The molecule has 0 aromatic heterocycles.